The van der Waals surface area contributed by atoms with E-state index in [9.17, 15) is 4.39 Å². The molecule has 0 aliphatic heterocycles. The first-order valence-corrected chi connectivity index (χ1v) is 6.74. The van der Waals surface area contributed by atoms with E-state index < -0.39 is 0 Å². The summed E-state index contributed by atoms with van der Waals surface area (Å²) in [4.78, 5) is 0. The maximum atomic E-state index is 13.6. The zero-order valence-electron chi connectivity index (χ0n) is 9.70. The first-order chi connectivity index (χ1) is 8.16. The van der Waals surface area contributed by atoms with Gasteiger partial charge in [-0.05, 0) is 54.7 Å². The Labute approximate surface area is 106 Å². The van der Waals surface area contributed by atoms with Gasteiger partial charge in [0, 0.05) is 11.1 Å². The molecule has 3 atom stereocenters. The summed E-state index contributed by atoms with van der Waals surface area (Å²) in [6, 6.07) is 4.98. The fourth-order valence-corrected chi connectivity index (χ4v) is 3.75. The molecular weight excluding hydrogens is 237 g/mol. The molecule has 2 aliphatic rings. The first-order valence-electron chi connectivity index (χ1n) is 6.36. The van der Waals surface area contributed by atoms with E-state index in [0.29, 0.717) is 22.9 Å². The lowest BCUT2D eigenvalue weighted by Gasteiger charge is -2.14. The third-order valence-electron chi connectivity index (χ3n) is 4.44. The van der Waals surface area contributed by atoms with E-state index in [0.717, 1.165) is 11.8 Å². The van der Waals surface area contributed by atoms with Crippen LogP contribution in [0.5, 0.6) is 0 Å². The highest BCUT2D eigenvalue weighted by atomic mass is 35.5. The number of halogens is 2. The van der Waals surface area contributed by atoms with E-state index in [1.165, 1.54) is 25.3 Å². The molecule has 0 radical (unpaired) electrons. The summed E-state index contributed by atoms with van der Waals surface area (Å²) >= 11 is 5.74. The second-order valence-electron chi connectivity index (χ2n) is 5.44. The van der Waals surface area contributed by atoms with Crippen LogP contribution in [0.25, 0.3) is 0 Å². The zero-order chi connectivity index (χ0) is 12.0. The lowest BCUT2D eigenvalue weighted by molar-refractivity contribution is 0.475. The van der Waals surface area contributed by atoms with E-state index >= 15 is 0 Å². The van der Waals surface area contributed by atoms with Crippen LogP contribution in [0.4, 0.5) is 4.39 Å². The van der Waals surface area contributed by atoms with Crippen molar-refractivity contribution < 1.29 is 4.39 Å². The van der Waals surface area contributed by atoms with Gasteiger partial charge in [-0.3, -0.25) is 0 Å². The molecule has 1 aromatic rings. The van der Waals surface area contributed by atoms with Gasteiger partial charge in [-0.15, -0.1) is 0 Å². The van der Waals surface area contributed by atoms with Gasteiger partial charge in [0.15, 0.2) is 0 Å². The number of nitrogens with two attached hydrogens (primary N) is 1. The molecule has 1 aromatic carbocycles. The van der Waals surface area contributed by atoms with Gasteiger partial charge in [0.2, 0.25) is 0 Å². The zero-order valence-corrected chi connectivity index (χ0v) is 10.5. The second kappa shape index (κ2) is 4.25. The molecule has 0 heterocycles. The Morgan fingerprint density at radius 2 is 2.06 bits per heavy atom. The summed E-state index contributed by atoms with van der Waals surface area (Å²) < 4.78 is 13.6. The average Bonchev–Trinajstić information content (AvgIpc) is 2.77. The average molecular weight is 254 g/mol. The molecule has 17 heavy (non-hydrogen) atoms. The number of benzene rings is 1. The SMILES string of the molecule is NC(Cc1ccc(Cl)cc1F)C1C2CCCC21. The summed E-state index contributed by atoms with van der Waals surface area (Å²) in [6.07, 6.45) is 4.65. The Kier molecular flexibility index (Phi) is 2.87. The molecule has 3 unspecified atom stereocenters. The smallest absolute Gasteiger partial charge is 0.127 e. The molecule has 3 rings (SSSR count). The normalized spacial score (nSPS) is 32.3. The molecule has 0 bridgehead atoms. The lowest BCUT2D eigenvalue weighted by Crippen LogP contribution is -2.27. The van der Waals surface area contributed by atoms with Gasteiger partial charge in [-0.1, -0.05) is 24.1 Å². The van der Waals surface area contributed by atoms with Crippen LogP contribution >= 0.6 is 11.6 Å². The molecule has 0 aromatic heterocycles. The Morgan fingerprint density at radius 1 is 1.35 bits per heavy atom. The van der Waals surface area contributed by atoms with E-state index in [4.69, 9.17) is 17.3 Å². The van der Waals surface area contributed by atoms with Crippen LogP contribution in [-0.2, 0) is 6.42 Å². The van der Waals surface area contributed by atoms with Crippen LogP contribution in [0.2, 0.25) is 5.02 Å². The van der Waals surface area contributed by atoms with Crippen molar-refractivity contribution in [2.24, 2.45) is 23.5 Å². The maximum Gasteiger partial charge on any atom is 0.127 e. The van der Waals surface area contributed by atoms with E-state index in [-0.39, 0.29) is 11.9 Å². The van der Waals surface area contributed by atoms with Crippen LogP contribution in [0, 0.1) is 23.6 Å². The van der Waals surface area contributed by atoms with Crippen LogP contribution in [0.1, 0.15) is 24.8 Å². The molecule has 3 heteroatoms. The molecule has 2 N–H and O–H groups in total. The van der Waals surface area contributed by atoms with Gasteiger partial charge < -0.3 is 5.73 Å². The number of hydrogen-bond acceptors (Lipinski definition) is 1. The largest absolute Gasteiger partial charge is 0.327 e. The van der Waals surface area contributed by atoms with Crippen LogP contribution in [0.3, 0.4) is 0 Å². The lowest BCUT2D eigenvalue weighted by atomic mass is 9.98. The minimum Gasteiger partial charge on any atom is -0.327 e. The van der Waals surface area contributed by atoms with Crippen molar-refractivity contribution >= 4 is 11.6 Å². The fraction of sp³-hybridized carbons (Fsp3) is 0.571. The summed E-state index contributed by atoms with van der Waals surface area (Å²) in [6.45, 7) is 0. The van der Waals surface area contributed by atoms with Gasteiger partial charge in [0.05, 0.1) is 0 Å². The van der Waals surface area contributed by atoms with Crippen LogP contribution in [0.15, 0.2) is 18.2 Å². The number of hydrogen-bond donors (Lipinski definition) is 1. The minimum atomic E-state index is -0.223. The van der Waals surface area contributed by atoms with E-state index in [2.05, 4.69) is 0 Å². The molecule has 2 fully saturated rings. The van der Waals surface area contributed by atoms with E-state index in [1.54, 1.807) is 12.1 Å². The van der Waals surface area contributed by atoms with Crippen molar-refractivity contribution in [3.05, 3.63) is 34.6 Å². The third-order valence-corrected chi connectivity index (χ3v) is 4.67. The standard InChI is InChI=1S/C14H17ClFN/c15-9-5-4-8(12(16)7-9)6-13(17)14-10-2-1-3-11(10)14/h4-5,7,10-11,13-14H,1-3,6,17H2. The number of rotatable bonds is 3. The predicted octanol–water partition coefficient (Wildman–Crippen LogP) is 3.40. The summed E-state index contributed by atoms with van der Waals surface area (Å²) in [7, 11) is 0. The molecule has 92 valence electrons. The molecule has 1 nitrogen and oxygen atoms in total. The maximum absolute atomic E-state index is 13.6. The van der Waals surface area contributed by atoms with Crippen molar-refractivity contribution in [3.8, 4) is 0 Å². The van der Waals surface area contributed by atoms with Crippen molar-refractivity contribution in [1.29, 1.82) is 0 Å². The Balaban J connectivity index is 1.66. The van der Waals surface area contributed by atoms with Gasteiger partial charge in [-0.25, -0.2) is 4.39 Å². The summed E-state index contributed by atoms with van der Waals surface area (Å²) in [5.74, 6) is 2.08. The monoisotopic (exact) mass is 253 g/mol. The second-order valence-corrected chi connectivity index (χ2v) is 5.88. The fourth-order valence-electron chi connectivity index (χ4n) is 3.59. The highest BCUT2D eigenvalue weighted by Crippen LogP contribution is 2.58. The van der Waals surface area contributed by atoms with Crippen molar-refractivity contribution in [1.82, 2.24) is 0 Å². The summed E-state index contributed by atoms with van der Waals surface area (Å²) in [5, 5.41) is 0.447. The van der Waals surface area contributed by atoms with Gasteiger partial charge >= 0.3 is 0 Å². The third kappa shape index (κ3) is 2.09. The summed E-state index contributed by atoms with van der Waals surface area (Å²) in [5.41, 5.74) is 6.91. The Morgan fingerprint density at radius 3 is 2.71 bits per heavy atom. The Bertz CT molecular complexity index is 424. The predicted molar refractivity (Wildman–Crippen MR) is 67.4 cm³/mol. The minimum absolute atomic E-state index is 0.112. The van der Waals surface area contributed by atoms with Gasteiger partial charge in [0.1, 0.15) is 5.82 Å². The highest BCUT2D eigenvalue weighted by molar-refractivity contribution is 6.30. The molecule has 0 spiro atoms. The highest BCUT2D eigenvalue weighted by Gasteiger charge is 2.54. The van der Waals surface area contributed by atoms with Crippen LogP contribution < -0.4 is 5.73 Å². The molecule has 0 saturated heterocycles. The molecule has 0 amide bonds. The Hall–Kier alpha value is -0.600. The molecule has 2 aliphatic carbocycles. The molecular formula is C14H17ClFN. The first kappa shape index (κ1) is 11.5. The van der Waals surface area contributed by atoms with Gasteiger partial charge in [0.25, 0.3) is 0 Å². The van der Waals surface area contributed by atoms with Crippen molar-refractivity contribution in [2.75, 3.05) is 0 Å². The van der Waals surface area contributed by atoms with Crippen LogP contribution in [-0.4, -0.2) is 6.04 Å². The topological polar surface area (TPSA) is 26.0 Å². The van der Waals surface area contributed by atoms with Crippen molar-refractivity contribution in [2.45, 2.75) is 31.7 Å². The molecule has 2 saturated carbocycles. The number of fused-ring (bicyclic) bond motifs is 1. The van der Waals surface area contributed by atoms with E-state index in [1.807, 2.05) is 0 Å². The van der Waals surface area contributed by atoms with Gasteiger partial charge in [-0.2, -0.15) is 0 Å². The van der Waals surface area contributed by atoms with Crippen molar-refractivity contribution in [3.63, 3.8) is 0 Å². The quantitative estimate of drug-likeness (QED) is 0.878.